The van der Waals surface area contributed by atoms with Crippen LogP contribution in [0.5, 0.6) is 0 Å². The van der Waals surface area contributed by atoms with Crippen molar-refractivity contribution in [3.8, 4) is 0 Å². The van der Waals surface area contributed by atoms with E-state index >= 15 is 0 Å². The van der Waals surface area contributed by atoms with Gasteiger partial charge in [0.15, 0.2) is 0 Å². The van der Waals surface area contributed by atoms with Gasteiger partial charge in [-0.3, -0.25) is 0 Å². The van der Waals surface area contributed by atoms with Gasteiger partial charge in [0, 0.05) is 18.6 Å². The summed E-state index contributed by atoms with van der Waals surface area (Å²) in [6.45, 7) is 6.10. The Kier molecular flexibility index (Phi) is 4.17. The Bertz CT molecular complexity index is 354. The number of nitrogens with zero attached hydrogens (tertiary/aromatic N) is 1. The van der Waals surface area contributed by atoms with Crippen LogP contribution in [0.4, 0.5) is 0 Å². The molecule has 0 bridgehead atoms. The van der Waals surface area contributed by atoms with E-state index in [1.54, 1.807) is 11.3 Å². The molecule has 0 amide bonds. The molecule has 1 saturated heterocycles. The van der Waals surface area contributed by atoms with E-state index in [0.29, 0.717) is 5.92 Å². The van der Waals surface area contributed by atoms with E-state index in [9.17, 15) is 0 Å². The van der Waals surface area contributed by atoms with Crippen molar-refractivity contribution in [2.75, 3.05) is 20.3 Å². The van der Waals surface area contributed by atoms with E-state index in [1.165, 1.54) is 10.7 Å². The Morgan fingerprint density at radius 1 is 1.41 bits per heavy atom. The van der Waals surface area contributed by atoms with Gasteiger partial charge in [0.25, 0.3) is 0 Å². The van der Waals surface area contributed by atoms with Crippen molar-refractivity contribution in [2.24, 2.45) is 0 Å². The molecule has 3 nitrogen and oxygen atoms in total. The molecular formula is C13H22N2OS. The maximum Gasteiger partial charge on any atom is 0.113 e. The van der Waals surface area contributed by atoms with Crippen LogP contribution in [0, 0.1) is 0 Å². The van der Waals surface area contributed by atoms with E-state index in [-0.39, 0.29) is 5.54 Å². The Labute approximate surface area is 108 Å². The molecule has 0 radical (unpaired) electrons. The molecule has 0 aromatic carbocycles. The molecule has 1 fully saturated rings. The predicted molar refractivity (Wildman–Crippen MR) is 71.6 cm³/mol. The monoisotopic (exact) mass is 254 g/mol. The molecule has 2 heterocycles. The number of nitrogens with one attached hydrogen (secondary N) is 1. The van der Waals surface area contributed by atoms with Gasteiger partial charge in [-0.05, 0) is 32.2 Å². The van der Waals surface area contributed by atoms with Crippen LogP contribution in [0.15, 0.2) is 5.38 Å². The normalized spacial score (nSPS) is 26.1. The zero-order chi connectivity index (χ0) is 12.3. The fraction of sp³-hybridized carbons (Fsp3) is 0.769. The maximum absolute atomic E-state index is 5.56. The van der Waals surface area contributed by atoms with E-state index in [2.05, 4.69) is 24.5 Å². The Morgan fingerprint density at radius 2 is 2.24 bits per heavy atom. The van der Waals surface area contributed by atoms with Crippen LogP contribution in [-0.2, 0) is 10.3 Å². The number of hydrogen-bond donors (Lipinski definition) is 1. The predicted octanol–water partition coefficient (Wildman–Crippen LogP) is 2.88. The molecule has 1 N–H and O–H groups in total. The maximum atomic E-state index is 5.56. The van der Waals surface area contributed by atoms with Gasteiger partial charge < -0.3 is 10.1 Å². The lowest BCUT2D eigenvalue weighted by atomic mass is 9.91. The minimum atomic E-state index is 0.0360. The van der Waals surface area contributed by atoms with Gasteiger partial charge in [-0.1, -0.05) is 13.8 Å². The number of ether oxygens (including phenoxy) is 1. The number of hydrogen-bond acceptors (Lipinski definition) is 4. The summed E-state index contributed by atoms with van der Waals surface area (Å²) in [5.41, 5.74) is 1.25. The highest BCUT2D eigenvalue weighted by molar-refractivity contribution is 7.09. The molecule has 2 rings (SSSR count). The van der Waals surface area contributed by atoms with Crippen LogP contribution in [0.1, 0.15) is 49.7 Å². The average molecular weight is 254 g/mol. The smallest absolute Gasteiger partial charge is 0.113 e. The molecule has 1 aromatic heterocycles. The first-order chi connectivity index (χ1) is 8.18. The lowest BCUT2D eigenvalue weighted by molar-refractivity contribution is 0.137. The van der Waals surface area contributed by atoms with Crippen molar-refractivity contribution in [2.45, 2.75) is 44.6 Å². The van der Waals surface area contributed by atoms with Crippen molar-refractivity contribution >= 4 is 11.3 Å². The first-order valence-electron chi connectivity index (χ1n) is 6.40. The fourth-order valence-electron chi connectivity index (χ4n) is 2.29. The summed E-state index contributed by atoms with van der Waals surface area (Å²) >= 11 is 1.79. The third-order valence-corrected chi connectivity index (χ3v) is 4.63. The summed E-state index contributed by atoms with van der Waals surface area (Å²) in [7, 11) is 2.04. The molecule has 1 aliphatic heterocycles. The first kappa shape index (κ1) is 13.0. The van der Waals surface area contributed by atoms with Crippen molar-refractivity contribution in [1.29, 1.82) is 0 Å². The lowest BCUT2D eigenvalue weighted by Crippen LogP contribution is -2.40. The summed E-state index contributed by atoms with van der Waals surface area (Å²) in [4.78, 5) is 4.82. The standard InChI is InChI=1S/C13H22N2OS/c1-10(2)11-9-17-12(15-11)13(14-3)5-4-7-16-8-6-13/h9-10,14H,4-8H2,1-3H3. The van der Waals surface area contributed by atoms with Gasteiger partial charge in [0.1, 0.15) is 5.01 Å². The van der Waals surface area contributed by atoms with Gasteiger partial charge in [0.2, 0.25) is 0 Å². The molecule has 4 heteroatoms. The fourth-order valence-corrected chi connectivity index (χ4v) is 3.54. The zero-order valence-corrected chi connectivity index (χ0v) is 11.8. The quantitative estimate of drug-likeness (QED) is 0.900. The van der Waals surface area contributed by atoms with Crippen LogP contribution < -0.4 is 5.32 Å². The third kappa shape index (κ3) is 2.69. The van der Waals surface area contributed by atoms with Gasteiger partial charge in [-0.15, -0.1) is 11.3 Å². The van der Waals surface area contributed by atoms with Gasteiger partial charge >= 0.3 is 0 Å². The second kappa shape index (κ2) is 5.46. The molecular weight excluding hydrogens is 232 g/mol. The molecule has 0 spiro atoms. The second-order valence-electron chi connectivity index (χ2n) is 5.03. The summed E-state index contributed by atoms with van der Waals surface area (Å²) in [5.74, 6) is 0.510. The van der Waals surface area contributed by atoms with Crippen LogP contribution in [0.25, 0.3) is 0 Å². The third-order valence-electron chi connectivity index (χ3n) is 3.57. The number of thiazole rings is 1. The largest absolute Gasteiger partial charge is 0.381 e. The first-order valence-corrected chi connectivity index (χ1v) is 7.28. The molecule has 1 aromatic rings. The van der Waals surface area contributed by atoms with E-state index in [4.69, 9.17) is 9.72 Å². The molecule has 0 aliphatic carbocycles. The lowest BCUT2D eigenvalue weighted by Gasteiger charge is -2.29. The second-order valence-corrected chi connectivity index (χ2v) is 5.89. The highest BCUT2D eigenvalue weighted by atomic mass is 32.1. The molecule has 1 atom stereocenters. The van der Waals surface area contributed by atoms with Crippen molar-refractivity contribution in [3.05, 3.63) is 16.1 Å². The highest BCUT2D eigenvalue weighted by Crippen LogP contribution is 2.35. The van der Waals surface area contributed by atoms with Crippen molar-refractivity contribution < 1.29 is 4.74 Å². The van der Waals surface area contributed by atoms with Crippen LogP contribution in [0.3, 0.4) is 0 Å². The van der Waals surface area contributed by atoms with Gasteiger partial charge in [-0.2, -0.15) is 0 Å². The molecule has 17 heavy (non-hydrogen) atoms. The summed E-state index contributed by atoms with van der Waals surface area (Å²) < 4.78 is 5.56. The topological polar surface area (TPSA) is 34.2 Å². The van der Waals surface area contributed by atoms with Crippen molar-refractivity contribution in [1.82, 2.24) is 10.3 Å². The molecule has 0 saturated carbocycles. The zero-order valence-electron chi connectivity index (χ0n) is 11.0. The van der Waals surface area contributed by atoms with Gasteiger partial charge in [0.05, 0.1) is 11.2 Å². The number of rotatable bonds is 3. The minimum absolute atomic E-state index is 0.0360. The van der Waals surface area contributed by atoms with Crippen LogP contribution >= 0.6 is 11.3 Å². The average Bonchev–Trinajstić information content (AvgIpc) is 2.70. The molecule has 1 unspecified atom stereocenters. The van der Waals surface area contributed by atoms with E-state index in [1.807, 2.05) is 7.05 Å². The number of aromatic nitrogens is 1. The molecule has 1 aliphatic rings. The van der Waals surface area contributed by atoms with Crippen molar-refractivity contribution in [3.63, 3.8) is 0 Å². The highest BCUT2D eigenvalue weighted by Gasteiger charge is 2.34. The van der Waals surface area contributed by atoms with Gasteiger partial charge in [-0.25, -0.2) is 4.98 Å². The Morgan fingerprint density at radius 3 is 2.88 bits per heavy atom. The van der Waals surface area contributed by atoms with E-state index in [0.717, 1.165) is 32.5 Å². The summed E-state index contributed by atoms with van der Waals surface area (Å²) in [6, 6.07) is 0. The van der Waals surface area contributed by atoms with Crippen LogP contribution in [-0.4, -0.2) is 25.2 Å². The molecule has 96 valence electrons. The minimum Gasteiger partial charge on any atom is -0.381 e. The summed E-state index contributed by atoms with van der Waals surface area (Å²) in [5, 5.41) is 6.92. The Hall–Kier alpha value is -0.450. The SMILES string of the molecule is CNC1(c2nc(C(C)C)cs2)CCCOCC1. The summed E-state index contributed by atoms with van der Waals surface area (Å²) in [6.07, 6.45) is 3.25. The van der Waals surface area contributed by atoms with E-state index < -0.39 is 0 Å². The Balaban J connectivity index is 2.25. The van der Waals surface area contributed by atoms with Crippen LogP contribution in [0.2, 0.25) is 0 Å².